The number of nitrogens with zero attached hydrogens (tertiary/aromatic N) is 2. The second-order valence-electron chi connectivity index (χ2n) is 8.88. The molecule has 1 aliphatic carbocycles. The largest absolute Gasteiger partial charge is 0.573 e. The highest BCUT2D eigenvalue weighted by atomic mass is 35.5. The molecule has 2 fully saturated rings. The Balaban J connectivity index is 1.71. The van der Waals surface area contributed by atoms with E-state index in [1.807, 2.05) is 0 Å². The summed E-state index contributed by atoms with van der Waals surface area (Å²) in [6.07, 6.45) is -2.50. The summed E-state index contributed by atoms with van der Waals surface area (Å²) < 4.78 is 43.1. The predicted octanol–water partition coefficient (Wildman–Crippen LogP) is 7.35. The first-order chi connectivity index (χ1) is 17.1. The van der Waals surface area contributed by atoms with Crippen molar-refractivity contribution < 1.29 is 27.8 Å². The molecular weight excluding hydrogens is 516 g/mol. The van der Waals surface area contributed by atoms with Crippen molar-refractivity contribution in [2.75, 3.05) is 9.80 Å². The standard InChI is InChI=1S/C26H21Cl2F3N2O3/c27-18-7-11-20(12-8-18)32-23(16-3-1-4-16)25(35,17-5-2-6-22(15-17)36-26(29,30)31)33(24(32)34)21-13-9-19(28)10-14-21/h2,5-16,23,35H,1,3-4H2. The van der Waals surface area contributed by atoms with Crippen LogP contribution < -0.4 is 14.5 Å². The van der Waals surface area contributed by atoms with E-state index in [0.29, 0.717) is 21.4 Å². The highest BCUT2D eigenvalue weighted by Crippen LogP contribution is 2.51. The number of anilines is 2. The molecule has 5 rings (SSSR count). The number of aliphatic hydroxyl groups is 1. The first-order valence-electron chi connectivity index (χ1n) is 11.3. The van der Waals surface area contributed by atoms with Crippen molar-refractivity contribution in [3.63, 3.8) is 0 Å². The van der Waals surface area contributed by atoms with Crippen LogP contribution in [0, 0.1) is 5.92 Å². The van der Waals surface area contributed by atoms with E-state index in [2.05, 4.69) is 4.74 Å². The molecule has 5 nitrogen and oxygen atoms in total. The van der Waals surface area contributed by atoms with Crippen LogP contribution in [0.25, 0.3) is 0 Å². The van der Waals surface area contributed by atoms with Gasteiger partial charge >= 0.3 is 12.4 Å². The van der Waals surface area contributed by atoms with E-state index in [1.165, 1.54) is 21.9 Å². The van der Waals surface area contributed by atoms with Crippen LogP contribution in [0.4, 0.5) is 29.3 Å². The molecule has 0 radical (unpaired) electrons. The maximum Gasteiger partial charge on any atom is 0.573 e. The minimum Gasteiger partial charge on any atom is -0.406 e. The fourth-order valence-electron chi connectivity index (χ4n) is 4.97. The molecule has 2 amide bonds. The third-order valence-electron chi connectivity index (χ3n) is 6.71. The van der Waals surface area contributed by atoms with Gasteiger partial charge in [0, 0.05) is 27.0 Å². The lowest BCUT2D eigenvalue weighted by molar-refractivity contribution is -0.274. The maximum absolute atomic E-state index is 14.0. The lowest BCUT2D eigenvalue weighted by Gasteiger charge is -2.44. The Labute approximate surface area is 215 Å². The molecule has 2 aliphatic rings. The van der Waals surface area contributed by atoms with E-state index in [4.69, 9.17) is 23.2 Å². The monoisotopic (exact) mass is 536 g/mol. The van der Waals surface area contributed by atoms with Crippen LogP contribution in [-0.4, -0.2) is 23.5 Å². The number of carbonyl (C=O) groups is 1. The summed E-state index contributed by atoms with van der Waals surface area (Å²) in [5.74, 6) is -0.589. The van der Waals surface area contributed by atoms with Gasteiger partial charge in [0.25, 0.3) is 0 Å². The van der Waals surface area contributed by atoms with Crippen molar-refractivity contribution in [2.24, 2.45) is 5.92 Å². The molecule has 1 saturated carbocycles. The van der Waals surface area contributed by atoms with Gasteiger partial charge < -0.3 is 9.84 Å². The molecule has 3 aromatic rings. The number of carbonyl (C=O) groups excluding carboxylic acids is 1. The molecular formula is C26H21Cl2F3N2O3. The molecule has 188 valence electrons. The Morgan fingerprint density at radius 1 is 0.917 bits per heavy atom. The third-order valence-corrected chi connectivity index (χ3v) is 7.21. The molecule has 1 N–H and O–H groups in total. The smallest absolute Gasteiger partial charge is 0.406 e. The number of rotatable bonds is 5. The minimum absolute atomic E-state index is 0.0980. The number of urea groups is 1. The van der Waals surface area contributed by atoms with E-state index < -0.39 is 29.9 Å². The van der Waals surface area contributed by atoms with Crippen LogP contribution in [0.15, 0.2) is 72.8 Å². The van der Waals surface area contributed by atoms with Gasteiger partial charge in [0.15, 0.2) is 5.72 Å². The number of hydrogen-bond donors (Lipinski definition) is 1. The fourth-order valence-corrected chi connectivity index (χ4v) is 5.22. The van der Waals surface area contributed by atoms with Crippen LogP contribution in [0.3, 0.4) is 0 Å². The van der Waals surface area contributed by atoms with Crippen LogP contribution in [0.5, 0.6) is 5.75 Å². The first kappa shape index (κ1) is 24.7. The normalized spacial score (nSPS) is 22.6. The summed E-state index contributed by atoms with van der Waals surface area (Å²) in [6, 6.07) is 16.8. The molecule has 1 heterocycles. The topological polar surface area (TPSA) is 53.0 Å². The summed E-state index contributed by atoms with van der Waals surface area (Å²) in [5, 5.41) is 13.4. The molecule has 0 bridgehead atoms. The SMILES string of the molecule is O=C1N(c2ccc(Cl)cc2)C(C2CCC2)C(O)(c2cccc(OC(F)(F)F)c2)N1c1ccc(Cl)cc1. The summed E-state index contributed by atoms with van der Waals surface area (Å²) in [6.45, 7) is 0. The number of amides is 2. The number of alkyl halides is 3. The van der Waals surface area contributed by atoms with E-state index in [9.17, 15) is 23.1 Å². The quantitative estimate of drug-likeness (QED) is 0.370. The maximum atomic E-state index is 14.0. The molecule has 1 saturated heterocycles. The van der Waals surface area contributed by atoms with E-state index in [0.717, 1.165) is 31.4 Å². The molecule has 1 aliphatic heterocycles. The van der Waals surface area contributed by atoms with E-state index >= 15 is 0 Å². The lowest BCUT2D eigenvalue weighted by atomic mass is 9.73. The number of ether oxygens (including phenoxy) is 1. The molecule has 36 heavy (non-hydrogen) atoms. The van der Waals surface area contributed by atoms with Crippen molar-refractivity contribution in [3.8, 4) is 5.75 Å². The average molecular weight is 537 g/mol. The van der Waals surface area contributed by atoms with Gasteiger partial charge in [-0.15, -0.1) is 13.2 Å². The molecule has 0 spiro atoms. The Kier molecular flexibility index (Phi) is 6.31. The summed E-state index contributed by atoms with van der Waals surface area (Å²) in [7, 11) is 0. The van der Waals surface area contributed by atoms with Gasteiger partial charge in [-0.1, -0.05) is 41.8 Å². The second kappa shape index (κ2) is 9.18. The summed E-state index contributed by atoms with van der Waals surface area (Å²) in [4.78, 5) is 16.8. The molecule has 0 aromatic heterocycles. The van der Waals surface area contributed by atoms with Gasteiger partial charge in [-0.05, 0) is 79.4 Å². The van der Waals surface area contributed by atoms with Gasteiger partial charge in [0.05, 0.1) is 6.04 Å². The zero-order chi connectivity index (χ0) is 25.7. The van der Waals surface area contributed by atoms with Gasteiger partial charge in [0.1, 0.15) is 5.75 Å². The Bertz CT molecular complexity index is 1270. The van der Waals surface area contributed by atoms with Gasteiger partial charge in [-0.25, -0.2) is 4.79 Å². The van der Waals surface area contributed by atoms with E-state index in [-0.39, 0.29) is 11.5 Å². The number of hydrogen-bond acceptors (Lipinski definition) is 3. The van der Waals surface area contributed by atoms with Crippen LogP contribution in [0.2, 0.25) is 10.0 Å². The Morgan fingerprint density at radius 3 is 2.03 bits per heavy atom. The third kappa shape index (κ3) is 4.38. The van der Waals surface area contributed by atoms with E-state index in [1.54, 1.807) is 48.5 Å². The van der Waals surface area contributed by atoms with Gasteiger partial charge in [-0.2, -0.15) is 0 Å². The van der Waals surface area contributed by atoms with Gasteiger partial charge in [0.2, 0.25) is 0 Å². The molecule has 10 heteroatoms. The van der Waals surface area contributed by atoms with Crippen molar-refractivity contribution in [3.05, 3.63) is 88.4 Å². The Hall–Kier alpha value is -2.94. The highest BCUT2D eigenvalue weighted by Gasteiger charge is 2.61. The van der Waals surface area contributed by atoms with Crippen LogP contribution in [-0.2, 0) is 5.72 Å². The van der Waals surface area contributed by atoms with Crippen molar-refractivity contribution in [1.82, 2.24) is 0 Å². The van der Waals surface area contributed by atoms with Crippen molar-refractivity contribution in [2.45, 2.75) is 37.4 Å². The predicted molar refractivity (Wildman–Crippen MR) is 131 cm³/mol. The Morgan fingerprint density at radius 2 is 1.50 bits per heavy atom. The summed E-state index contributed by atoms with van der Waals surface area (Å²) >= 11 is 12.1. The first-order valence-corrected chi connectivity index (χ1v) is 12.1. The number of halogens is 5. The van der Waals surface area contributed by atoms with Gasteiger partial charge in [-0.3, -0.25) is 9.80 Å². The molecule has 2 atom stereocenters. The zero-order valence-electron chi connectivity index (χ0n) is 18.8. The minimum atomic E-state index is -4.91. The summed E-state index contributed by atoms with van der Waals surface area (Å²) in [5.41, 5.74) is -1.06. The molecule has 2 unspecified atom stereocenters. The zero-order valence-corrected chi connectivity index (χ0v) is 20.3. The second-order valence-corrected chi connectivity index (χ2v) is 9.75. The fraction of sp³-hybridized carbons (Fsp3) is 0.269. The van der Waals surface area contributed by atoms with Crippen molar-refractivity contribution in [1.29, 1.82) is 0 Å². The van der Waals surface area contributed by atoms with Crippen LogP contribution in [0.1, 0.15) is 24.8 Å². The van der Waals surface area contributed by atoms with Crippen LogP contribution >= 0.6 is 23.2 Å². The number of benzene rings is 3. The molecule has 3 aromatic carbocycles. The highest BCUT2D eigenvalue weighted by molar-refractivity contribution is 6.31. The average Bonchev–Trinajstić information content (AvgIpc) is 3.01. The lowest BCUT2D eigenvalue weighted by Crippen LogP contribution is -2.54. The van der Waals surface area contributed by atoms with Crippen molar-refractivity contribution >= 4 is 40.6 Å².